The summed E-state index contributed by atoms with van der Waals surface area (Å²) in [5.41, 5.74) is 7.48. The van der Waals surface area contributed by atoms with Gasteiger partial charge in [0.15, 0.2) is 0 Å². The monoisotopic (exact) mass is 280 g/mol. The highest BCUT2D eigenvalue weighted by Gasteiger charge is 2.12. The van der Waals surface area contributed by atoms with Crippen molar-refractivity contribution >= 4 is 15.9 Å². The summed E-state index contributed by atoms with van der Waals surface area (Å²) in [6.07, 6.45) is 0.818. The van der Waals surface area contributed by atoms with Crippen LogP contribution in [0.2, 0.25) is 0 Å². The maximum atomic E-state index is 5.55. The van der Waals surface area contributed by atoms with E-state index >= 15 is 0 Å². The zero-order valence-electron chi connectivity index (χ0n) is 9.03. The van der Waals surface area contributed by atoms with Crippen molar-refractivity contribution in [1.29, 1.82) is 0 Å². The summed E-state index contributed by atoms with van der Waals surface area (Å²) < 4.78 is 6.60. The molecule has 0 aliphatic rings. The molecule has 2 N–H and O–H groups in total. The second-order valence-electron chi connectivity index (χ2n) is 3.44. The predicted octanol–water partition coefficient (Wildman–Crippen LogP) is 3.13. The highest BCUT2D eigenvalue weighted by atomic mass is 79.9. The molecule has 0 aliphatic heterocycles. The first kappa shape index (κ1) is 11.4. The number of hydrogen-bond donors (Lipinski definition) is 1. The lowest BCUT2D eigenvalue weighted by molar-refractivity contribution is 0.461. The van der Waals surface area contributed by atoms with Gasteiger partial charge in [-0.05, 0) is 12.1 Å². The van der Waals surface area contributed by atoms with Gasteiger partial charge in [0.1, 0.15) is 11.5 Å². The van der Waals surface area contributed by atoms with Gasteiger partial charge in [-0.1, -0.05) is 35.0 Å². The number of oxazole rings is 1. The second kappa shape index (κ2) is 4.80. The van der Waals surface area contributed by atoms with E-state index in [0.717, 1.165) is 27.9 Å². The van der Waals surface area contributed by atoms with E-state index < -0.39 is 0 Å². The van der Waals surface area contributed by atoms with Crippen LogP contribution in [0.3, 0.4) is 0 Å². The zero-order chi connectivity index (χ0) is 11.5. The van der Waals surface area contributed by atoms with Gasteiger partial charge in [0, 0.05) is 16.5 Å². The Morgan fingerprint density at radius 3 is 2.56 bits per heavy atom. The number of aryl methyl sites for hydroxylation is 1. The van der Waals surface area contributed by atoms with E-state index in [0.29, 0.717) is 12.4 Å². The predicted molar refractivity (Wildman–Crippen MR) is 66.9 cm³/mol. The summed E-state index contributed by atoms with van der Waals surface area (Å²) in [5, 5.41) is 0. The van der Waals surface area contributed by atoms with Gasteiger partial charge in [0.2, 0.25) is 5.89 Å². The molecule has 0 bridgehead atoms. The number of aromatic nitrogens is 1. The molecule has 0 amide bonds. The molecule has 0 fully saturated rings. The Labute approximate surface area is 103 Å². The zero-order valence-corrected chi connectivity index (χ0v) is 10.6. The minimum absolute atomic E-state index is 0.337. The van der Waals surface area contributed by atoms with Gasteiger partial charge in [-0.15, -0.1) is 0 Å². The van der Waals surface area contributed by atoms with Crippen LogP contribution in [0.25, 0.3) is 11.3 Å². The lowest BCUT2D eigenvalue weighted by atomic mass is 10.1. The standard InChI is InChI=1S/C12H13BrN2O/c1-2-10-12(15-11(7-14)16-10)8-3-5-9(13)6-4-8/h3-6H,2,7,14H2,1H3. The van der Waals surface area contributed by atoms with E-state index in [2.05, 4.69) is 20.9 Å². The minimum Gasteiger partial charge on any atom is -0.444 e. The van der Waals surface area contributed by atoms with Crippen molar-refractivity contribution in [2.75, 3.05) is 0 Å². The molecule has 3 nitrogen and oxygen atoms in total. The first-order valence-corrected chi connectivity index (χ1v) is 5.98. The Kier molecular flexibility index (Phi) is 3.41. The molecule has 16 heavy (non-hydrogen) atoms. The molecule has 84 valence electrons. The second-order valence-corrected chi connectivity index (χ2v) is 4.36. The van der Waals surface area contributed by atoms with Crippen molar-refractivity contribution in [3.05, 3.63) is 40.4 Å². The fraction of sp³-hybridized carbons (Fsp3) is 0.250. The van der Waals surface area contributed by atoms with Gasteiger partial charge in [-0.25, -0.2) is 4.98 Å². The van der Waals surface area contributed by atoms with Crippen molar-refractivity contribution in [2.24, 2.45) is 5.73 Å². The Morgan fingerprint density at radius 1 is 1.31 bits per heavy atom. The van der Waals surface area contributed by atoms with Gasteiger partial charge in [-0.3, -0.25) is 0 Å². The summed E-state index contributed by atoms with van der Waals surface area (Å²) in [5.74, 6) is 1.48. The third-order valence-corrected chi connectivity index (χ3v) is 2.88. The largest absolute Gasteiger partial charge is 0.444 e. The van der Waals surface area contributed by atoms with E-state index in [1.165, 1.54) is 0 Å². The van der Waals surface area contributed by atoms with Crippen molar-refractivity contribution in [3.8, 4) is 11.3 Å². The topological polar surface area (TPSA) is 52.0 Å². The summed E-state index contributed by atoms with van der Waals surface area (Å²) in [6.45, 7) is 2.38. The van der Waals surface area contributed by atoms with Crippen LogP contribution in [-0.2, 0) is 13.0 Å². The van der Waals surface area contributed by atoms with E-state index in [1.54, 1.807) is 0 Å². The Balaban J connectivity index is 2.45. The van der Waals surface area contributed by atoms with E-state index in [-0.39, 0.29) is 0 Å². The summed E-state index contributed by atoms with van der Waals surface area (Å²) in [7, 11) is 0. The molecule has 0 spiro atoms. The fourth-order valence-corrected chi connectivity index (χ4v) is 1.82. The normalized spacial score (nSPS) is 10.7. The summed E-state index contributed by atoms with van der Waals surface area (Å²) in [4.78, 5) is 4.39. The molecule has 0 atom stereocenters. The molecular weight excluding hydrogens is 268 g/mol. The molecular formula is C12H13BrN2O. The quantitative estimate of drug-likeness (QED) is 0.940. The molecule has 1 aromatic heterocycles. The third-order valence-electron chi connectivity index (χ3n) is 2.36. The fourth-order valence-electron chi connectivity index (χ4n) is 1.56. The SMILES string of the molecule is CCc1oc(CN)nc1-c1ccc(Br)cc1. The average molecular weight is 281 g/mol. The van der Waals surface area contributed by atoms with Gasteiger partial charge >= 0.3 is 0 Å². The van der Waals surface area contributed by atoms with Gasteiger partial charge in [0.05, 0.1) is 6.54 Å². The number of nitrogens with two attached hydrogens (primary N) is 1. The van der Waals surface area contributed by atoms with Crippen LogP contribution in [0, 0.1) is 0 Å². The lowest BCUT2D eigenvalue weighted by Crippen LogP contribution is -1.95. The smallest absolute Gasteiger partial charge is 0.208 e. The van der Waals surface area contributed by atoms with Crippen LogP contribution >= 0.6 is 15.9 Å². The van der Waals surface area contributed by atoms with Gasteiger partial charge < -0.3 is 10.2 Å². The number of nitrogens with zero attached hydrogens (tertiary/aromatic N) is 1. The molecule has 1 aromatic carbocycles. The third kappa shape index (κ3) is 2.18. The first-order valence-electron chi connectivity index (χ1n) is 5.19. The van der Waals surface area contributed by atoms with Crippen molar-refractivity contribution in [1.82, 2.24) is 4.98 Å². The maximum absolute atomic E-state index is 5.55. The summed E-state index contributed by atoms with van der Waals surface area (Å²) in [6, 6.07) is 8.01. The van der Waals surface area contributed by atoms with Crippen LogP contribution in [-0.4, -0.2) is 4.98 Å². The molecule has 2 aromatic rings. The number of halogens is 1. The Hall–Kier alpha value is -1.13. The molecule has 0 saturated heterocycles. The van der Waals surface area contributed by atoms with Crippen molar-refractivity contribution in [3.63, 3.8) is 0 Å². The number of rotatable bonds is 3. The lowest BCUT2D eigenvalue weighted by Gasteiger charge is -1.98. The number of hydrogen-bond acceptors (Lipinski definition) is 3. The molecule has 2 rings (SSSR count). The van der Waals surface area contributed by atoms with Crippen LogP contribution in [0.5, 0.6) is 0 Å². The van der Waals surface area contributed by atoms with Crippen LogP contribution in [0.15, 0.2) is 33.2 Å². The maximum Gasteiger partial charge on any atom is 0.208 e. The van der Waals surface area contributed by atoms with E-state index in [4.69, 9.17) is 10.2 Å². The van der Waals surface area contributed by atoms with Crippen LogP contribution < -0.4 is 5.73 Å². The average Bonchev–Trinajstić information content (AvgIpc) is 2.73. The van der Waals surface area contributed by atoms with Crippen molar-refractivity contribution in [2.45, 2.75) is 19.9 Å². The molecule has 0 unspecified atom stereocenters. The molecule has 1 heterocycles. The van der Waals surface area contributed by atoms with E-state index in [9.17, 15) is 0 Å². The first-order chi connectivity index (χ1) is 7.74. The Bertz CT molecular complexity index is 476. The van der Waals surface area contributed by atoms with E-state index in [1.807, 2.05) is 31.2 Å². The van der Waals surface area contributed by atoms with Gasteiger partial charge in [0.25, 0.3) is 0 Å². The van der Waals surface area contributed by atoms with Crippen LogP contribution in [0.1, 0.15) is 18.6 Å². The van der Waals surface area contributed by atoms with Crippen molar-refractivity contribution < 1.29 is 4.42 Å². The number of benzene rings is 1. The van der Waals surface area contributed by atoms with Crippen LogP contribution in [0.4, 0.5) is 0 Å². The molecule has 0 saturated carbocycles. The minimum atomic E-state index is 0.337. The molecule has 0 radical (unpaired) electrons. The molecule has 0 aliphatic carbocycles. The molecule has 4 heteroatoms. The van der Waals surface area contributed by atoms with Gasteiger partial charge in [-0.2, -0.15) is 0 Å². The highest BCUT2D eigenvalue weighted by molar-refractivity contribution is 9.10. The summed E-state index contributed by atoms with van der Waals surface area (Å²) >= 11 is 3.41. The Morgan fingerprint density at radius 2 is 2.00 bits per heavy atom. The highest BCUT2D eigenvalue weighted by Crippen LogP contribution is 2.25.